The van der Waals surface area contributed by atoms with Crippen LogP contribution in [0.4, 0.5) is 0 Å². The number of hydrogen-bond donors (Lipinski definition) is 2. The Hall–Kier alpha value is -1.85. The number of amides is 1. The Morgan fingerprint density at radius 3 is 2.88 bits per heavy atom. The summed E-state index contributed by atoms with van der Waals surface area (Å²) >= 11 is 0. The van der Waals surface area contributed by atoms with E-state index in [2.05, 4.69) is 34.3 Å². The number of ether oxygens (including phenoxy) is 1. The van der Waals surface area contributed by atoms with Gasteiger partial charge in [-0.2, -0.15) is 0 Å². The van der Waals surface area contributed by atoms with E-state index >= 15 is 0 Å². The highest BCUT2D eigenvalue weighted by atomic mass is 16.5. The number of aromatic amines is 1. The number of rotatable bonds is 6. The molecule has 5 nitrogen and oxygen atoms in total. The highest BCUT2D eigenvalue weighted by Gasteiger charge is 2.20. The van der Waals surface area contributed by atoms with Gasteiger partial charge in [0.15, 0.2) is 0 Å². The van der Waals surface area contributed by atoms with Crippen LogP contribution in [-0.2, 0) is 4.74 Å². The molecule has 1 aliphatic rings. The minimum absolute atomic E-state index is 0.00864. The van der Waals surface area contributed by atoms with Crippen LogP contribution in [0.25, 0.3) is 10.9 Å². The zero-order valence-corrected chi connectivity index (χ0v) is 14.6. The molecule has 1 aromatic carbocycles. The topological polar surface area (TPSA) is 57.4 Å². The molecular formula is C19H27N3O2. The summed E-state index contributed by atoms with van der Waals surface area (Å²) in [6.45, 7) is 6.80. The highest BCUT2D eigenvalue weighted by Crippen LogP contribution is 2.18. The second kappa shape index (κ2) is 7.81. The van der Waals surface area contributed by atoms with Crippen molar-refractivity contribution in [1.82, 2.24) is 15.2 Å². The molecular weight excluding hydrogens is 302 g/mol. The lowest BCUT2D eigenvalue weighted by atomic mass is 9.97. The number of nitrogens with zero attached hydrogens (tertiary/aromatic N) is 1. The largest absolute Gasteiger partial charge is 0.383 e. The molecule has 0 radical (unpaired) electrons. The third-order valence-corrected chi connectivity index (χ3v) is 4.89. The van der Waals surface area contributed by atoms with E-state index in [1.807, 2.05) is 12.1 Å². The number of benzene rings is 1. The van der Waals surface area contributed by atoms with E-state index in [1.54, 1.807) is 7.11 Å². The van der Waals surface area contributed by atoms with Gasteiger partial charge in [0.25, 0.3) is 5.91 Å². The second-order valence-electron chi connectivity index (χ2n) is 6.76. The lowest BCUT2D eigenvalue weighted by Gasteiger charge is -2.31. The summed E-state index contributed by atoms with van der Waals surface area (Å²) in [6.07, 6.45) is 2.27. The molecule has 0 unspecified atom stereocenters. The van der Waals surface area contributed by atoms with Crippen molar-refractivity contribution in [2.75, 3.05) is 39.9 Å². The number of piperidine rings is 1. The lowest BCUT2D eigenvalue weighted by Crippen LogP contribution is -2.39. The molecule has 0 bridgehead atoms. The van der Waals surface area contributed by atoms with Crippen molar-refractivity contribution in [3.05, 3.63) is 35.5 Å². The number of H-pyrrole nitrogens is 1. The third kappa shape index (κ3) is 4.16. The van der Waals surface area contributed by atoms with Crippen LogP contribution in [0, 0.1) is 12.8 Å². The molecule has 0 atom stereocenters. The zero-order valence-electron chi connectivity index (χ0n) is 14.6. The van der Waals surface area contributed by atoms with E-state index in [4.69, 9.17) is 4.74 Å². The molecule has 2 aromatic rings. The van der Waals surface area contributed by atoms with Crippen LogP contribution in [0.2, 0.25) is 0 Å². The van der Waals surface area contributed by atoms with Gasteiger partial charge in [0.05, 0.1) is 6.61 Å². The molecule has 24 heavy (non-hydrogen) atoms. The van der Waals surface area contributed by atoms with Gasteiger partial charge in [-0.15, -0.1) is 0 Å². The zero-order chi connectivity index (χ0) is 16.9. The SMILES string of the molecule is COCCN1CCC(CNC(=O)c2cc3cc(C)ccc3[nH]2)CC1. The fraction of sp³-hybridized carbons (Fsp3) is 0.526. The molecule has 130 valence electrons. The van der Waals surface area contributed by atoms with E-state index in [-0.39, 0.29) is 5.91 Å². The summed E-state index contributed by atoms with van der Waals surface area (Å²) in [4.78, 5) is 18.0. The predicted molar refractivity (Wildman–Crippen MR) is 96.4 cm³/mol. The van der Waals surface area contributed by atoms with Gasteiger partial charge in [-0.1, -0.05) is 11.6 Å². The van der Waals surface area contributed by atoms with Crippen molar-refractivity contribution in [2.24, 2.45) is 5.92 Å². The molecule has 0 aliphatic carbocycles. The summed E-state index contributed by atoms with van der Waals surface area (Å²) in [5.74, 6) is 0.560. The van der Waals surface area contributed by atoms with Gasteiger partial charge in [-0.05, 0) is 57.0 Å². The van der Waals surface area contributed by atoms with Crippen LogP contribution in [0.1, 0.15) is 28.9 Å². The summed E-state index contributed by atoms with van der Waals surface area (Å²) in [7, 11) is 1.74. The minimum Gasteiger partial charge on any atom is -0.383 e. The fourth-order valence-corrected chi connectivity index (χ4v) is 3.34. The van der Waals surface area contributed by atoms with Crippen molar-refractivity contribution in [3.8, 4) is 0 Å². The molecule has 1 aliphatic heterocycles. The quantitative estimate of drug-likeness (QED) is 0.856. The Morgan fingerprint density at radius 1 is 1.33 bits per heavy atom. The minimum atomic E-state index is -0.00864. The number of methoxy groups -OCH3 is 1. The number of carbonyl (C=O) groups is 1. The van der Waals surface area contributed by atoms with Gasteiger partial charge in [-0.3, -0.25) is 4.79 Å². The molecule has 2 heterocycles. The molecule has 2 N–H and O–H groups in total. The average Bonchev–Trinajstić information content (AvgIpc) is 3.02. The number of hydrogen-bond acceptors (Lipinski definition) is 3. The highest BCUT2D eigenvalue weighted by molar-refractivity contribution is 5.98. The summed E-state index contributed by atoms with van der Waals surface area (Å²) < 4.78 is 5.13. The predicted octanol–water partition coefficient (Wildman–Crippen LogP) is 2.56. The van der Waals surface area contributed by atoms with Crippen molar-refractivity contribution >= 4 is 16.8 Å². The number of likely N-dealkylation sites (tertiary alicyclic amines) is 1. The van der Waals surface area contributed by atoms with E-state index in [0.29, 0.717) is 11.6 Å². The first kappa shape index (κ1) is 17.0. The molecule has 5 heteroatoms. The molecule has 0 saturated carbocycles. The molecule has 1 fully saturated rings. The maximum absolute atomic E-state index is 12.4. The van der Waals surface area contributed by atoms with Crippen molar-refractivity contribution in [2.45, 2.75) is 19.8 Å². The number of fused-ring (bicyclic) bond motifs is 1. The Labute approximate surface area is 143 Å². The number of carbonyl (C=O) groups excluding carboxylic acids is 1. The van der Waals surface area contributed by atoms with Gasteiger partial charge in [0.1, 0.15) is 5.69 Å². The second-order valence-corrected chi connectivity index (χ2v) is 6.76. The number of aryl methyl sites for hydroxylation is 1. The number of aromatic nitrogens is 1. The van der Waals surface area contributed by atoms with Gasteiger partial charge < -0.3 is 19.9 Å². The van der Waals surface area contributed by atoms with Gasteiger partial charge in [0, 0.05) is 31.1 Å². The lowest BCUT2D eigenvalue weighted by molar-refractivity contribution is 0.0922. The maximum atomic E-state index is 12.4. The summed E-state index contributed by atoms with van der Waals surface area (Å²) in [5, 5.41) is 4.18. The smallest absolute Gasteiger partial charge is 0.267 e. The van der Waals surface area contributed by atoms with E-state index in [1.165, 1.54) is 5.56 Å². The fourth-order valence-electron chi connectivity index (χ4n) is 3.34. The van der Waals surface area contributed by atoms with E-state index < -0.39 is 0 Å². The Balaban J connectivity index is 1.48. The first-order chi connectivity index (χ1) is 11.7. The monoisotopic (exact) mass is 329 g/mol. The Kier molecular flexibility index (Phi) is 5.53. The summed E-state index contributed by atoms with van der Waals surface area (Å²) in [5.41, 5.74) is 2.86. The molecule has 3 rings (SSSR count). The Morgan fingerprint density at radius 2 is 2.12 bits per heavy atom. The normalized spacial score (nSPS) is 16.6. The van der Waals surface area contributed by atoms with Gasteiger partial charge in [0.2, 0.25) is 0 Å². The van der Waals surface area contributed by atoms with Crippen LogP contribution in [-0.4, -0.2) is 55.7 Å². The van der Waals surface area contributed by atoms with E-state index in [0.717, 1.165) is 56.5 Å². The molecule has 1 amide bonds. The number of nitrogens with one attached hydrogen (secondary N) is 2. The summed E-state index contributed by atoms with van der Waals surface area (Å²) in [6, 6.07) is 8.11. The van der Waals surface area contributed by atoms with Crippen LogP contribution in [0.15, 0.2) is 24.3 Å². The van der Waals surface area contributed by atoms with Crippen LogP contribution in [0.5, 0.6) is 0 Å². The molecule has 1 saturated heterocycles. The van der Waals surface area contributed by atoms with Gasteiger partial charge >= 0.3 is 0 Å². The average molecular weight is 329 g/mol. The van der Waals surface area contributed by atoms with Crippen LogP contribution < -0.4 is 5.32 Å². The van der Waals surface area contributed by atoms with Crippen LogP contribution in [0.3, 0.4) is 0 Å². The maximum Gasteiger partial charge on any atom is 0.267 e. The third-order valence-electron chi connectivity index (χ3n) is 4.89. The van der Waals surface area contributed by atoms with Gasteiger partial charge in [-0.25, -0.2) is 0 Å². The Bertz CT molecular complexity index is 687. The first-order valence-electron chi connectivity index (χ1n) is 8.74. The van der Waals surface area contributed by atoms with E-state index in [9.17, 15) is 4.79 Å². The first-order valence-corrected chi connectivity index (χ1v) is 8.74. The van der Waals surface area contributed by atoms with Crippen molar-refractivity contribution in [3.63, 3.8) is 0 Å². The molecule has 1 aromatic heterocycles. The van der Waals surface area contributed by atoms with Crippen molar-refractivity contribution < 1.29 is 9.53 Å². The van der Waals surface area contributed by atoms with Crippen LogP contribution >= 0.6 is 0 Å². The van der Waals surface area contributed by atoms with Crippen molar-refractivity contribution in [1.29, 1.82) is 0 Å². The standard InChI is InChI=1S/C19H27N3O2/c1-14-3-4-17-16(11-14)12-18(21-17)19(23)20-13-15-5-7-22(8-6-15)9-10-24-2/h3-4,11-12,15,21H,5-10,13H2,1-2H3,(H,20,23). The molecule has 0 spiro atoms.